The summed E-state index contributed by atoms with van der Waals surface area (Å²) in [5.74, 6) is -1.82. The fraction of sp³-hybridized carbons (Fsp3) is 0.357. The van der Waals surface area contributed by atoms with Crippen LogP contribution in [0.15, 0.2) is 34.7 Å². The van der Waals surface area contributed by atoms with Crippen LogP contribution in [0.4, 0.5) is 13.2 Å². The normalized spacial score (nSPS) is 12.2. The van der Waals surface area contributed by atoms with Crippen LogP contribution in [0.25, 0.3) is 0 Å². The number of alkyl halides is 3. The number of hydrogen-bond donors (Lipinski definition) is 2. The standard InChI is InChI=1S/C12H15N3O2.C2HF3O2/c1-16-8-11-14-15-12(17-11)10(7-13)9-5-3-2-4-6-9;3-2(4,5)1(6)7/h2-6,10H,7-8,13H2,1H3;(H,6,7). The van der Waals surface area contributed by atoms with Crippen LogP contribution in [0.5, 0.6) is 0 Å². The van der Waals surface area contributed by atoms with E-state index in [1.165, 1.54) is 0 Å². The van der Waals surface area contributed by atoms with Gasteiger partial charge in [0.1, 0.15) is 6.61 Å². The summed E-state index contributed by atoms with van der Waals surface area (Å²) in [6.07, 6.45) is -5.08. The molecule has 2 rings (SSSR count). The van der Waals surface area contributed by atoms with Crippen molar-refractivity contribution in [3.63, 3.8) is 0 Å². The highest BCUT2D eigenvalue weighted by atomic mass is 19.4. The fourth-order valence-corrected chi connectivity index (χ4v) is 1.65. The highest BCUT2D eigenvalue weighted by Crippen LogP contribution is 2.22. The molecule has 132 valence electrons. The van der Waals surface area contributed by atoms with Gasteiger partial charge in [-0.2, -0.15) is 13.2 Å². The van der Waals surface area contributed by atoms with E-state index >= 15 is 0 Å². The van der Waals surface area contributed by atoms with E-state index in [0.717, 1.165) is 5.56 Å². The van der Waals surface area contributed by atoms with Gasteiger partial charge in [-0.05, 0) is 5.56 Å². The summed E-state index contributed by atoms with van der Waals surface area (Å²) in [5, 5.41) is 15.0. The van der Waals surface area contributed by atoms with Crippen LogP contribution in [-0.2, 0) is 16.1 Å². The zero-order chi connectivity index (χ0) is 18.2. The Morgan fingerprint density at radius 3 is 2.38 bits per heavy atom. The molecule has 0 aliphatic heterocycles. The molecular weight excluding hydrogens is 331 g/mol. The minimum atomic E-state index is -5.08. The van der Waals surface area contributed by atoms with Gasteiger partial charge in [0, 0.05) is 13.7 Å². The molecule has 10 heteroatoms. The zero-order valence-electron chi connectivity index (χ0n) is 12.7. The van der Waals surface area contributed by atoms with Crippen molar-refractivity contribution in [2.75, 3.05) is 13.7 Å². The number of carboxylic acid groups (broad SMARTS) is 1. The molecule has 0 saturated carbocycles. The number of nitrogens with two attached hydrogens (primary N) is 1. The first kappa shape index (κ1) is 19.6. The average molecular weight is 347 g/mol. The minimum absolute atomic E-state index is 0.0608. The molecule has 3 N–H and O–H groups in total. The van der Waals surface area contributed by atoms with Crippen molar-refractivity contribution in [2.45, 2.75) is 18.7 Å². The van der Waals surface area contributed by atoms with E-state index in [-0.39, 0.29) is 5.92 Å². The predicted molar refractivity (Wildman–Crippen MR) is 76.0 cm³/mol. The molecule has 2 aromatic rings. The molecule has 0 spiro atoms. The first-order valence-corrected chi connectivity index (χ1v) is 6.66. The number of aromatic nitrogens is 2. The Morgan fingerprint density at radius 2 is 1.92 bits per heavy atom. The number of aliphatic carboxylic acids is 1. The highest BCUT2D eigenvalue weighted by Gasteiger charge is 2.38. The minimum Gasteiger partial charge on any atom is -0.475 e. The molecule has 7 nitrogen and oxygen atoms in total. The zero-order valence-corrected chi connectivity index (χ0v) is 12.7. The molecule has 0 fully saturated rings. The third-order valence-electron chi connectivity index (χ3n) is 2.73. The number of benzene rings is 1. The monoisotopic (exact) mass is 347 g/mol. The summed E-state index contributed by atoms with van der Waals surface area (Å²) in [6, 6.07) is 9.88. The van der Waals surface area contributed by atoms with Crippen LogP contribution in [-0.4, -0.2) is 41.1 Å². The van der Waals surface area contributed by atoms with Gasteiger partial charge in [-0.25, -0.2) is 4.79 Å². The molecule has 0 bridgehead atoms. The van der Waals surface area contributed by atoms with Crippen LogP contribution >= 0.6 is 0 Å². The topological polar surface area (TPSA) is 111 Å². The maximum atomic E-state index is 10.6. The molecule has 0 radical (unpaired) electrons. The van der Waals surface area contributed by atoms with E-state index in [2.05, 4.69) is 10.2 Å². The van der Waals surface area contributed by atoms with Crippen molar-refractivity contribution in [2.24, 2.45) is 5.73 Å². The number of hydrogen-bond acceptors (Lipinski definition) is 6. The number of nitrogens with zero attached hydrogens (tertiary/aromatic N) is 2. The van der Waals surface area contributed by atoms with Crippen LogP contribution in [0, 0.1) is 0 Å². The Bertz CT molecular complexity index is 632. The molecule has 0 aliphatic rings. The largest absolute Gasteiger partial charge is 0.490 e. The molecule has 24 heavy (non-hydrogen) atoms. The third kappa shape index (κ3) is 5.97. The molecule has 1 unspecified atom stereocenters. The van der Waals surface area contributed by atoms with Gasteiger partial charge in [0.15, 0.2) is 0 Å². The number of rotatable bonds is 5. The Labute approximate surface area is 135 Å². The van der Waals surface area contributed by atoms with Gasteiger partial charge in [-0.1, -0.05) is 30.3 Å². The van der Waals surface area contributed by atoms with Crippen molar-refractivity contribution in [1.29, 1.82) is 0 Å². The quantitative estimate of drug-likeness (QED) is 0.850. The number of carbonyl (C=O) groups is 1. The summed E-state index contributed by atoms with van der Waals surface area (Å²) in [6.45, 7) is 0.748. The molecule has 0 saturated heterocycles. The van der Waals surface area contributed by atoms with Crippen molar-refractivity contribution < 1.29 is 32.2 Å². The second kappa shape index (κ2) is 8.99. The highest BCUT2D eigenvalue weighted by molar-refractivity contribution is 5.73. The summed E-state index contributed by atoms with van der Waals surface area (Å²) >= 11 is 0. The molecule has 1 aromatic heterocycles. The molecule has 0 aliphatic carbocycles. The third-order valence-corrected chi connectivity index (χ3v) is 2.73. The van der Waals surface area contributed by atoms with Gasteiger partial charge < -0.3 is 20.0 Å². The average Bonchev–Trinajstić information content (AvgIpc) is 2.97. The van der Waals surface area contributed by atoms with Crippen molar-refractivity contribution in [3.05, 3.63) is 47.7 Å². The number of halogens is 3. The summed E-state index contributed by atoms with van der Waals surface area (Å²) in [5.41, 5.74) is 6.83. The van der Waals surface area contributed by atoms with Crippen LogP contribution in [0.1, 0.15) is 23.3 Å². The number of methoxy groups -OCH3 is 1. The van der Waals surface area contributed by atoms with Crippen LogP contribution in [0.2, 0.25) is 0 Å². The van der Waals surface area contributed by atoms with Gasteiger partial charge in [0.05, 0.1) is 5.92 Å². The predicted octanol–water partition coefficient (Wildman–Crippen LogP) is 1.94. The lowest BCUT2D eigenvalue weighted by molar-refractivity contribution is -0.192. The maximum Gasteiger partial charge on any atom is 0.490 e. The number of ether oxygens (including phenoxy) is 1. The number of carboxylic acids is 1. The van der Waals surface area contributed by atoms with Crippen LogP contribution < -0.4 is 5.73 Å². The van der Waals surface area contributed by atoms with E-state index < -0.39 is 12.1 Å². The van der Waals surface area contributed by atoms with Gasteiger partial charge in [0.2, 0.25) is 11.8 Å². The summed E-state index contributed by atoms with van der Waals surface area (Å²) in [7, 11) is 1.58. The Kier molecular flexibility index (Phi) is 7.33. The Hall–Kier alpha value is -2.46. The fourth-order valence-electron chi connectivity index (χ4n) is 1.65. The van der Waals surface area contributed by atoms with Gasteiger partial charge in [-0.3, -0.25) is 0 Å². The van der Waals surface area contributed by atoms with Crippen molar-refractivity contribution in [3.8, 4) is 0 Å². The molecular formula is C14H16F3N3O4. The second-order valence-corrected chi connectivity index (χ2v) is 4.47. The lowest BCUT2D eigenvalue weighted by Crippen LogP contribution is -2.21. The van der Waals surface area contributed by atoms with E-state index in [1.807, 2.05) is 30.3 Å². The maximum absolute atomic E-state index is 10.6. The Balaban J connectivity index is 0.000000351. The van der Waals surface area contributed by atoms with Gasteiger partial charge in [0.25, 0.3) is 0 Å². The second-order valence-electron chi connectivity index (χ2n) is 4.47. The smallest absolute Gasteiger partial charge is 0.475 e. The molecule has 1 aromatic carbocycles. The SMILES string of the molecule is COCc1nnc(C(CN)c2ccccc2)o1.O=C(O)C(F)(F)F. The summed E-state index contributed by atoms with van der Waals surface area (Å²) < 4.78 is 42.2. The van der Waals surface area contributed by atoms with Crippen molar-refractivity contribution >= 4 is 5.97 Å². The molecule has 0 amide bonds. The van der Waals surface area contributed by atoms with E-state index in [4.69, 9.17) is 24.8 Å². The van der Waals surface area contributed by atoms with E-state index in [1.54, 1.807) is 7.11 Å². The molecule has 1 atom stereocenters. The molecule has 1 heterocycles. The first-order chi connectivity index (χ1) is 11.3. The van der Waals surface area contributed by atoms with Crippen LogP contribution in [0.3, 0.4) is 0 Å². The van der Waals surface area contributed by atoms with Crippen molar-refractivity contribution in [1.82, 2.24) is 10.2 Å². The Morgan fingerprint density at radius 1 is 1.33 bits per heavy atom. The van der Waals surface area contributed by atoms with Gasteiger partial charge in [-0.15, -0.1) is 10.2 Å². The first-order valence-electron chi connectivity index (χ1n) is 6.66. The lowest BCUT2D eigenvalue weighted by atomic mass is 9.99. The van der Waals surface area contributed by atoms with E-state index in [0.29, 0.717) is 24.9 Å². The van der Waals surface area contributed by atoms with E-state index in [9.17, 15) is 13.2 Å². The lowest BCUT2D eigenvalue weighted by Gasteiger charge is -2.09. The van der Waals surface area contributed by atoms with Gasteiger partial charge >= 0.3 is 12.1 Å². The summed E-state index contributed by atoms with van der Waals surface area (Å²) in [4.78, 5) is 8.90.